The third kappa shape index (κ3) is 3.65. The highest BCUT2D eigenvalue weighted by molar-refractivity contribution is 6.07. The zero-order chi connectivity index (χ0) is 28.4. The van der Waals surface area contributed by atoms with Crippen molar-refractivity contribution in [1.29, 1.82) is 0 Å². The number of fused-ring (bicyclic) bond motifs is 2. The molecule has 0 N–H and O–H groups in total. The van der Waals surface area contributed by atoms with Gasteiger partial charge in [-0.25, -0.2) is 0 Å². The number of ether oxygens (including phenoxy) is 2. The predicted octanol–water partition coefficient (Wildman–Crippen LogP) is 6.54. The summed E-state index contributed by atoms with van der Waals surface area (Å²) in [7, 11) is 0. The monoisotopic (exact) mass is 546 g/mol. The van der Waals surface area contributed by atoms with Crippen molar-refractivity contribution in [2.24, 2.45) is 22.7 Å². The standard InChI is InChI=1S/C36H34O5/c1-23-18-19-35(21-27(37)24-12-6-3-7-13-24)28(20-23)41-33-29(31(38)25-14-8-4-9-15-25)30(34(35,2)36(33)22-40-36)32(39)26-16-10-5-11-17-26/h3-17,20,28-30,33H,18-19,21-22H2,1-2H3/t28-,29+,30+,33-,34-,35-,36+/m1/s1. The first kappa shape index (κ1) is 26.2. The molecule has 0 aromatic heterocycles. The van der Waals surface area contributed by atoms with Crippen LogP contribution in [0.3, 0.4) is 0 Å². The van der Waals surface area contributed by atoms with Gasteiger partial charge in [0, 0.05) is 39.9 Å². The smallest absolute Gasteiger partial charge is 0.169 e. The number of rotatable bonds is 7. The largest absolute Gasteiger partial charge is 0.366 e. The Hall–Kier alpha value is -3.67. The molecule has 5 nitrogen and oxygen atoms in total. The maximum absolute atomic E-state index is 14.7. The van der Waals surface area contributed by atoms with Crippen LogP contribution in [0.25, 0.3) is 0 Å². The van der Waals surface area contributed by atoms with E-state index in [0.717, 1.165) is 6.42 Å². The number of Topliss-reactive ketones (excluding diaryl/α,β-unsaturated/α-hetero) is 3. The molecule has 3 aromatic carbocycles. The van der Waals surface area contributed by atoms with E-state index >= 15 is 0 Å². The van der Waals surface area contributed by atoms with E-state index in [1.807, 2.05) is 91.0 Å². The number of epoxide rings is 1. The van der Waals surface area contributed by atoms with Crippen molar-refractivity contribution in [2.75, 3.05) is 6.61 Å². The van der Waals surface area contributed by atoms with Gasteiger partial charge in [0.15, 0.2) is 17.3 Å². The molecule has 3 fully saturated rings. The Kier molecular flexibility index (Phi) is 6.04. The molecule has 4 aliphatic rings. The predicted molar refractivity (Wildman–Crippen MR) is 155 cm³/mol. The summed E-state index contributed by atoms with van der Waals surface area (Å²) in [6.45, 7) is 4.62. The van der Waals surface area contributed by atoms with E-state index in [0.29, 0.717) is 29.7 Å². The van der Waals surface area contributed by atoms with Crippen molar-refractivity contribution in [3.63, 3.8) is 0 Å². The van der Waals surface area contributed by atoms with E-state index in [2.05, 4.69) is 19.9 Å². The summed E-state index contributed by atoms with van der Waals surface area (Å²) in [6, 6.07) is 27.8. The average molecular weight is 547 g/mol. The van der Waals surface area contributed by atoms with Crippen molar-refractivity contribution in [2.45, 2.75) is 50.9 Å². The van der Waals surface area contributed by atoms with Gasteiger partial charge in [-0.05, 0) is 19.8 Å². The molecule has 2 aliphatic carbocycles. The lowest BCUT2D eigenvalue weighted by atomic mass is 9.47. The van der Waals surface area contributed by atoms with Crippen LogP contribution >= 0.6 is 0 Å². The Balaban J connectivity index is 1.44. The van der Waals surface area contributed by atoms with Gasteiger partial charge >= 0.3 is 0 Å². The zero-order valence-corrected chi connectivity index (χ0v) is 23.4. The minimum atomic E-state index is -0.822. The molecule has 0 amide bonds. The summed E-state index contributed by atoms with van der Waals surface area (Å²) in [5.74, 6) is -1.62. The molecule has 2 saturated heterocycles. The summed E-state index contributed by atoms with van der Waals surface area (Å²) in [6.07, 6.45) is 2.82. The maximum Gasteiger partial charge on any atom is 0.169 e. The Bertz CT molecular complexity index is 1540. The lowest BCUT2D eigenvalue weighted by molar-refractivity contribution is -0.202. The van der Waals surface area contributed by atoms with Crippen molar-refractivity contribution in [3.8, 4) is 0 Å². The van der Waals surface area contributed by atoms with Gasteiger partial charge in [-0.15, -0.1) is 0 Å². The quantitative estimate of drug-likeness (QED) is 0.191. The van der Waals surface area contributed by atoms with Gasteiger partial charge in [-0.1, -0.05) is 110 Å². The van der Waals surface area contributed by atoms with Crippen LogP contribution in [0.5, 0.6) is 0 Å². The van der Waals surface area contributed by atoms with Crippen LogP contribution in [0.1, 0.15) is 64.2 Å². The SMILES string of the molecule is CC1=C[C@H]2O[C@@H]3[C@H](C(=O)c4ccccc4)[C@@H](C(=O)c4ccccc4)[C@](C)([C@@]2(CC(=O)c2ccccc2)CC1)[C@]31CO1. The third-order valence-electron chi connectivity index (χ3n) is 10.6. The van der Waals surface area contributed by atoms with Crippen molar-refractivity contribution in [1.82, 2.24) is 0 Å². The van der Waals surface area contributed by atoms with E-state index in [9.17, 15) is 14.4 Å². The van der Waals surface area contributed by atoms with Crippen LogP contribution in [0.15, 0.2) is 103 Å². The molecule has 2 bridgehead atoms. The van der Waals surface area contributed by atoms with Crippen LogP contribution in [0, 0.1) is 22.7 Å². The zero-order valence-electron chi connectivity index (χ0n) is 23.4. The molecule has 0 unspecified atom stereocenters. The Morgan fingerprint density at radius 3 is 1.90 bits per heavy atom. The maximum atomic E-state index is 14.7. The number of ketones is 3. The van der Waals surface area contributed by atoms with Gasteiger partial charge in [0.25, 0.3) is 0 Å². The second-order valence-electron chi connectivity index (χ2n) is 12.5. The highest BCUT2D eigenvalue weighted by Crippen LogP contribution is 2.76. The molecule has 7 rings (SSSR count). The minimum Gasteiger partial charge on any atom is -0.366 e. The van der Waals surface area contributed by atoms with Gasteiger partial charge < -0.3 is 9.47 Å². The van der Waals surface area contributed by atoms with E-state index in [-0.39, 0.29) is 23.8 Å². The van der Waals surface area contributed by atoms with Gasteiger partial charge in [-0.2, -0.15) is 0 Å². The number of carbonyl (C=O) groups excluding carboxylic acids is 3. The third-order valence-corrected chi connectivity index (χ3v) is 10.6. The minimum absolute atomic E-state index is 0.0198. The normalized spacial score (nSPS) is 34.9. The summed E-state index contributed by atoms with van der Waals surface area (Å²) in [5.41, 5.74) is 0.600. The van der Waals surface area contributed by atoms with Gasteiger partial charge in [0.1, 0.15) is 11.7 Å². The molecule has 41 heavy (non-hydrogen) atoms. The summed E-state index contributed by atoms with van der Waals surface area (Å²) >= 11 is 0. The Morgan fingerprint density at radius 1 is 0.805 bits per heavy atom. The van der Waals surface area contributed by atoms with Crippen molar-refractivity contribution < 1.29 is 23.9 Å². The molecule has 1 saturated carbocycles. The van der Waals surface area contributed by atoms with E-state index in [1.165, 1.54) is 5.57 Å². The second-order valence-corrected chi connectivity index (χ2v) is 12.5. The van der Waals surface area contributed by atoms with Crippen LogP contribution < -0.4 is 0 Å². The number of carbonyl (C=O) groups is 3. The first-order chi connectivity index (χ1) is 19.8. The fourth-order valence-corrected chi connectivity index (χ4v) is 8.47. The van der Waals surface area contributed by atoms with Gasteiger partial charge in [0.2, 0.25) is 0 Å². The molecule has 3 aromatic rings. The molecule has 2 aliphatic heterocycles. The first-order valence-corrected chi connectivity index (χ1v) is 14.6. The highest BCUT2D eigenvalue weighted by Gasteiger charge is 2.85. The molecule has 208 valence electrons. The van der Waals surface area contributed by atoms with Crippen LogP contribution in [-0.2, 0) is 9.47 Å². The van der Waals surface area contributed by atoms with Gasteiger partial charge in [-0.3, -0.25) is 14.4 Å². The molecule has 5 heteroatoms. The van der Waals surface area contributed by atoms with Crippen molar-refractivity contribution >= 4 is 17.3 Å². The summed E-state index contributed by atoms with van der Waals surface area (Å²) in [5, 5.41) is 0. The molecule has 1 spiro atoms. The number of hydrogen-bond donors (Lipinski definition) is 0. The number of hydrogen-bond acceptors (Lipinski definition) is 5. The molecular weight excluding hydrogens is 512 g/mol. The molecule has 2 heterocycles. The van der Waals surface area contributed by atoms with E-state index in [4.69, 9.17) is 9.47 Å². The Labute approximate surface area is 240 Å². The van der Waals surface area contributed by atoms with Crippen LogP contribution in [0.4, 0.5) is 0 Å². The lowest BCUT2D eigenvalue weighted by Crippen LogP contribution is -2.65. The summed E-state index contributed by atoms with van der Waals surface area (Å²) in [4.78, 5) is 43.2. The van der Waals surface area contributed by atoms with Crippen molar-refractivity contribution in [3.05, 3.63) is 119 Å². The fraction of sp³-hybridized carbons (Fsp3) is 0.361. The van der Waals surface area contributed by atoms with Gasteiger partial charge in [0.05, 0.1) is 18.6 Å². The van der Waals surface area contributed by atoms with Crippen LogP contribution in [0.2, 0.25) is 0 Å². The topological polar surface area (TPSA) is 73.0 Å². The molecule has 0 radical (unpaired) electrons. The van der Waals surface area contributed by atoms with E-state index in [1.54, 1.807) is 0 Å². The lowest BCUT2D eigenvalue weighted by Gasteiger charge is -2.59. The number of allylic oxidation sites excluding steroid dienone is 1. The average Bonchev–Trinajstić information content (AvgIpc) is 3.79. The van der Waals surface area contributed by atoms with Crippen LogP contribution in [-0.4, -0.2) is 41.8 Å². The Morgan fingerprint density at radius 2 is 1.34 bits per heavy atom. The highest BCUT2D eigenvalue weighted by atomic mass is 16.6. The number of benzene rings is 3. The van der Waals surface area contributed by atoms with E-state index < -0.39 is 40.5 Å². The fourth-order valence-electron chi connectivity index (χ4n) is 8.47. The molecule has 7 atom stereocenters. The first-order valence-electron chi connectivity index (χ1n) is 14.6. The second kappa shape index (κ2) is 9.43. The summed E-state index contributed by atoms with van der Waals surface area (Å²) < 4.78 is 13.4. The molecular formula is C36H34O5.